The predicted octanol–water partition coefficient (Wildman–Crippen LogP) is 3.48. The number of piperidine rings is 1. The van der Waals surface area contributed by atoms with Gasteiger partial charge in [-0.1, -0.05) is 25.5 Å². The zero-order chi connectivity index (χ0) is 19.8. The third-order valence-corrected chi connectivity index (χ3v) is 10.6. The number of allylic oxidation sites excluding steroid dienone is 1. The Hall–Kier alpha value is -0.910. The van der Waals surface area contributed by atoms with Crippen molar-refractivity contribution in [1.29, 1.82) is 0 Å². The van der Waals surface area contributed by atoms with Crippen LogP contribution < -0.4 is 0 Å². The maximum absolute atomic E-state index is 12.3. The van der Waals surface area contributed by atoms with Crippen LogP contribution in [0.4, 0.5) is 0 Å². The second kappa shape index (κ2) is 5.28. The molecule has 5 aliphatic carbocycles. The lowest BCUT2D eigenvalue weighted by Gasteiger charge is -2.80. The number of hydrogen-bond donors (Lipinski definition) is 0. The van der Waals surface area contributed by atoms with Crippen LogP contribution in [0.3, 0.4) is 0 Å². The lowest BCUT2D eigenvalue weighted by atomic mass is 9.32. The summed E-state index contributed by atoms with van der Waals surface area (Å²) >= 11 is 0. The lowest BCUT2D eigenvalue weighted by Crippen LogP contribution is -2.85. The van der Waals surface area contributed by atoms with Gasteiger partial charge in [0.05, 0.1) is 6.61 Å². The molecule has 9 rings (SSSR count). The molecule has 158 valence electrons. The Bertz CT molecular complexity index is 813. The number of hydrogen-bond acceptors (Lipinski definition) is 5. The second-order valence-corrected chi connectivity index (χ2v) is 11.5. The molecule has 0 radical (unpaired) electrons. The Morgan fingerprint density at radius 2 is 2.14 bits per heavy atom. The first kappa shape index (κ1) is 17.7. The molecular weight excluding hydrogens is 366 g/mol. The quantitative estimate of drug-likeness (QED) is 0.499. The van der Waals surface area contributed by atoms with E-state index >= 15 is 0 Å². The third-order valence-electron chi connectivity index (χ3n) is 10.6. The zero-order valence-electron chi connectivity index (χ0n) is 17.7. The summed E-state index contributed by atoms with van der Waals surface area (Å²) in [6.07, 6.45) is 8.49. The molecule has 0 amide bonds. The minimum absolute atomic E-state index is 0.00486. The van der Waals surface area contributed by atoms with E-state index in [0.717, 1.165) is 26.0 Å². The first-order valence-corrected chi connectivity index (χ1v) is 11.8. The number of nitrogens with zero attached hydrogens (tertiary/aromatic N) is 1. The highest BCUT2D eigenvalue weighted by molar-refractivity contribution is 5.66. The van der Waals surface area contributed by atoms with Crippen LogP contribution in [0.5, 0.6) is 0 Å². The van der Waals surface area contributed by atoms with Gasteiger partial charge >= 0.3 is 5.97 Å². The van der Waals surface area contributed by atoms with Crippen molar-refractivity contribution in [2.45, 2.75) is 83.5 Å². The summed E-state index contributed by atoms with van der Waals surface area (Å²) in [5.41, 5.74) is 1.66. The molecule has 4 heterocycles. The number of carbonyl (C=O) groups is 1. The van der Waals surface area contributed by atoms with E-state index in [1.807, 2.05) is 0 Å². The summed E-state index contributed by atoms with van der Waals surface area (Å²) < 4.78 is 19.6. The molecule has 2 spiro atoms. The van der Waals surface area contributed by atoms with Crippen molar-refractivity contribution in [3.8, 4) is 0 Å². The van der Waals surface area contributed by atoms with Gasteiger partial charge in [0.25, 0.3) is 0 Å². The average molecular weight is 400 g/mol. The van der Waals surface area contributed by atoms with Crippen LogP contribution in [0.2, 0.25) is 0 Å². The van der Waals surface area contributed by atoms with Crippen LogP contribution in [0.15, 0.2) is 12.2 Å². The van der Waals surface area contributed by atoms with Gasteiger partial charge in [-0.3, -0.25) is 4.79 Å². The van der Waals surface area contributed by atoms with Gasteiger partial charge < -0.3 is 14.2 Å². The molecule has 5 heteroatoms. The van der Waals surface area contributed by atoms with E-state index < -0.39 is 0 Å². The molecule has 2 unspecified atom stereocenters. The average Bonchev–Trinajstić information content (AvgIpc) is 3.17. The number of esters is 1. The number of rotatable bonds is 1. The molecule has 7 bridgehead atoms. The Kier molecular flexibility index (Phi) is 3.23. The molecule has 0 aromatic heterocycles. The smallest absolute Gasteiger partial charge is 0.303 e. The van der Waals surface area contributed by atoms with Gasteiger partial charge in [0.1, 0.15) is 24.7 Å². The van der Waals surface area contributed by atoms with Crippen molar-refractivity contribution in [1.82, 2.24) is 4.90 Å². The maximum Gasteiger partial charge on any atom is 0.303 e. The molecule has 5 nitrogen and oxygen atoms in total. The van der Waals surface area contributed by atoms with Crippen molar-refractivity contribution >= 4 is 5.97 Å². The van der Waals surface area contributed by atoms with Crippen molar-refractivity contribution in [3.63, 3.8) is 0 Å². The number of carbonyl (C=O) groups excluding carboxylic acids is 1. The van der Waals surface area contributed by atoms with Crippen LogP contribution in [0.1, 0.15) is 58.8 Å². The van der Waals surface area contributed by atoms with Gasteiger partial charge in [0.15, 0.2) is 0 Å². The van der Waals surface area contributed by atoms with Crippen molar-refractivity contribution < 1.29 is 19.0 Å². The standard InChI is InChI=1S/C24H33NO4/c1-13-12-23-8-5-15(13)11-16(23)24-7-4-6-22(3)18(24)17(28-14(2)26)19(23)29-21(24)25-9-10-27-20(22)25/h15-21H,1,4-12H2,2-3H3/t15-,16+,17?,18+,19+,20-,21+,22?,23+,24+/m0/s1. The van der Waals surface area contributed by atoms with Gasteiger partial charge in [-0.2, -0.15) is 0 Å². The highest BCUT2D eigenvalue weighted by atomic mass is 16.6. The molecule has 0 aromatic rings. The Balaban J connectivity index is 1.47. The number of fused-ring (bicyclic) bond motifs is 4. The minimum atomic E-state index is -0.160. The summed E-state index contributed by atoms with van der Waals surface area (Å²) in [5.74, 6) is 1.54. The van der Waals surface area contributed by atoms with Gasteiger partial charge in [-0.05, 0) is 50.4 Å². The van der Waals surface area contributed by atoms with E-state index in [4.69, 9.17) is 14.2 Å². The van der Waals surface area contributed by atoms with Crippen LogP contribution in [-0.4, -0.2) is 48.7 Å². The molecular formula is C24H33NO4. The topological polar surface area (TPSA) is 48.0 Å². The normalized spacial score (nSPS) is 59.4. The molecule has 10 atom stereocenters. The van der Waals surface area contributed by atoms with E-state index in [0.29, 0.717) is 17.8 Å². The van der Waals surface area contributed by atoms with Crippen LogP contribution in [0, 0.1) is 34.0 Å². The second-order valence-electron chi connectivity index (χ2n) is 11.5. The zero-order valence-corrected chi connectivity index (χ0v) is 17.7. The molecule has 0 N–H and O–H groups in total. The monoisotopic (exact) mass is 399 g/mol. The summed E-state index contributed by atoms with van der Waals surface area (Å²) in [7, 11) is 0. The molecule has 5 saturated carbocycles. The molecule has 0 aromatic carbocycles. The molecule has 9 fully saturated rings. The Labute approximate surface area is 173 Å². The summed E-state index contributed by atoms with van der Waals surface area (Å²) in [4.78, 5) is 14.9. The fourth-order valence-corrected chi connectivity index (χ4v) is 10.1. The molecule has 29 heavy (non-hydrogen) atoms. The molecule has 4 aliphatic heterocycles. The van der Waals surface area contributed by atoms with E-state index in [2.05, 4.69) is 18.4 Å². The highest BCUT2D eigenvalue weighted by Gasteiger charge is 2.82. The summed E-state index contributed by atoms with van der Waals surface area (Å²) in [6.45, 7) is 10.2. The van der Waals surface area contributed by atoms with Gasteiger partial charge in [0.2, 0.25) is 0 Å². The fraction of sp³-hybridized carbons (Fsp3) is 0.875. The first-order valence-electron chi connectivity index (χ1n) is 11.8. The SMILES string of the molecule is C=C1C[C@]23CC[C@H]1C[C@H]2[C@@]12CCCC4(C)[C@@H]5OCCN5[C@@H]1O[C@@H]3C(OC(C)=O)[C@H]42. The lowest BCUT2D eigenvalue weighted by molar-refractivity contribution is -0.438. The van der Waals surface area contributed by atoms with Gasteiger partial charge in [-0.25, -0.2) is 4.90 Å². The molecule has 4 saturated heterocycles. The van der Waals surface area contributed by atoms with Gasteiger partial charge in [0, 0.05) is 35.6 Å². The van der Waals surface area contributed by atoms with Crippen LogP contribution in [-0.2, 0) is 19.0 Å². The Morgan fingerprint density at radius 1 is 1.28 bits per heavy atom. The summed E-state index contributed by atoms with van der Waals surface area (Å²) in [5, 5.41) is 0. The number of ether oxygens (including phenoxy) is 3. The minimum Gasteiger partial charge on any atom is -0.459 e. The van der Waals surface area contributed by atoms with E-state index in [9.17, 15) is 4.79 Å². The fourth-order valence-electron chi connectivity index (χ4n) is 10.1. The highest BCUT2D eigenvalue weighted by Crippen LogP contribution is 2.79. The first-order chi connectivity index (χ1) is 13.9. The van der Waals surface area contributed by atoms with Crippen molar-refractivity contribution in [2.75, 3.05) is 13.2 Å². The van der Waals surface area contributed by atoms with Crippen LogP contribution >= 0.6 is 0 Å². The molecule has 9 aliphatic rings. The summed E-state index contributed by atoms with van der Waals surface area (Å²) in [6, 6.07) is 0. The van der Waals surface area contributed by atoms with E-state index in [1.54, 1.807) is 6.92 Å². The van der Waals surface area contributed by atoms with E-state index in [-0.39, 0.29) is 46.9 Å². The van der Waals surface area contributed by atoms with Crippen LogP contribution in [0.25, 0.3) is 0 Å². The maximum atomic E-state index is 12.3. The van der Waals surface area contributed by atoms with Gasteiger partial charge in [-0.15, -0.1) is 0 Å². The predicted molar refractivity (Wildman–Crippen MR) is 106 cm³/mol. The largest absolute Gasteiger partial charge is 0.459 e. The Morgan fingerprint density at radius 3 is 2.93 bits per heavy atom. The van der Waals surface area contributed by atoms with E-state index in [1.165, 1.54) is 37.7 Å². The third kappa shape index (κ3) is 1.77. The van der Waals surface area contributed by atoms with Crippen molar-refractivity contribution in [2.24, 2.45) is 34.0 Å². The van der Waals surface area contributed by atoms with Crippen molar-refractivity contribution in [3.05, 3.63) is 12.2 Å².